The van der Waals surface area contributed by atoms with Crippen LogP contribution < -0.4 is 0 Å². The maximum Gasteiger partial charge on any atom is 0.238 e. The lowest BCUT2D eigenvalue weighted by Crippen LogP contribution is -2.45. The Hall–Kier alpha value is -2.46. The lowest BCUT2D eigenvalue weighted by atomic mass is 9.67. The second-order valence-corrected chi connectivity index (χ2v) is 7.52. The maximum absolute atomic E-state index is 13.5. The molecule has 2 aliphatic heterocycles. The number of amides is 2. The fourth-order valence-electron chi connectivity index (χ4n) is 4.43. The van der Waals surface area contributed by atoms with Crippen LogP contribution in [0, 0.1) is 5.41 Å². The minimum atomic E-state index is -0.597. The highest BCUT2D eigenvalue weighted by Crippen LogP contribution is 2.51. The van der Waals surface area contributed by atoms with Gasteiger partial charge in [0.1, 0.15) is 0 Å². The predicted molar refractivity (Wildman–Crippen MR) is 100 cm³/mol. The average Bonchev–Trinajstić information content (AvgIpc) is 2.87. The standard InChI is InChI=1S/C22H24N2O2/c1-23-14-12-22(13-15-23)19(18-10-6-3-7-11-18)20(25)24(21(22)26)16-17-8-4-2-5-9-17/h2-11,19H,12-16H2,1H3/t19-/m1/s1. The second kappa shape index (κ2) is 6.69. The van der Waals surface area contributed by atoms with E-state index < -0.39 is 5.41 Å². The molecule has 2 fully saturated rings. The first-order chi connectivity index (χ1) is 12.6. The zero-order valence-electron chi connectivity index (χ0n) is 15.1. The number of hydrogen-bond acceptors (Lipinski definition) is 3. The molecule has 2 saturated heterocycles. The summed E-state index contributed by atoms with van der Waals surface area (Å²) in [5, 5.41) is 0. The summed E-state index contributed by atoms with van der Waals surface area (Å²) < 4.78 is 0. The Balaban J connectivity index is 1.73. The first-order valence-corrected chi connectivity index (χ1v) is 9.25. The highest BCUT2D eigenvalue weighted by Gasteiger charge is 2.59. The molecule has 4 rings (SSSR count). The number of imide groups is 1. The van der Waals surface area contributed by atoms with Gasteiger partial charge in [-0.2, -0.15) is 0 Å². The number of benzene rings is 2. The van der Waals surface area contributed by atoms with Gasteiger partial charge in [-0.25, -0.2) is 0 Å². The lowest BCUT2D eigenvalue weighted by molar-refractivity contribution is -0.143. The molecule has 26 heavy (non-hydrogen) atoms. The van der Waals surface area contributed by atoms with Gasteiger partial charge in [-0.05, 0) is 44.1 Å². The van der Waals surface area contributed by atoms with Crippen molar-refractivity contribution in [3.05, 3.63) is 71.8 Å². The van der Waals surface area contributed by atoms with Gasteiger partial charge >= 0.3 is 0 Å². The lowest BCUT2D eigenvalue weighted by Gasteiger charge is -2.39. The Bertz CT molecular complexity index is 795. The number of carbonyl (C=O) groups is 2. The van der Waals surface area contributed by atoms with Gasteiger partial charge in [0.15, 0.2) is 0 Å². The molecule has 0 aliphatic carbocycles. The highest BCUT2D eigenvalue weighted by molar-refractivity contribution is 6.10. The summed E-state index contributed by atoms with van der Waals surface area (Å²) in [5.41, 5.74) is 1.36. The van der Waals surface area contributed by atoms with E-state index in [1.54, 1.807) is 0 Å². The van der Waals surface area contributed by atoms with E-state index >= 15 is 0 Å². The summed E-state index contributed by atoms with van der Waals surface area (Å²) >= 11 is 0. The van der Waals surface area contributed by atoms with Gasteiger partial charge in [-0.15, -0.1) is 0 Å². The number of carbonyl (C=O) groups excluding carboxylic acids is 2. The molecule has 134 valence electrons. The third-order valence-electron chi connectivity index (χ3n) is 5.93. The SMILES string of the molecule is CN1CCC2(CC1)C(=O)N(Cc1ccccc1)C(=O)[C@H]2c1ccccc1. The van der Waals surface area contributed by atoms with Crippen LogP contribution in [-0.4, -0.2) is 41.8 Å². The minimum absolute atomic E-state index is 0.00769. The van der Waals surface area contributed by atoms with Gasteiger partial charge < -0.3 is 4.90 Å². The molecule has 1 atom stereocenters. The van der Waals surface area contributed by atoms with Crippen LogP contribution in [-0.2, 0) is 16.1 Å². The molecule has 4 nitrogen and oxygen atoms in total. The van der Waals surface area contributed by atoms with Crippen LogP contribution in [0.3, 0.4) is 0 Å². The Morgan fingerprint density at radius 2 is 1.50 bits per heavy atom. The summed E-state index contributed by atoms with van der Waals surface area (Å²) in [6.45, 7) is 2.06. The fraction of sp³-hybridized carbons (Fsp3) is 0.364. The van der Waals surface area contributed by atoms with E-state index in [1.807, 2.05) is 60.7 Å². The van der Waals surface area contributed by atoms with E-state index in [9.17, 15) is 9.59 Å². The normalized spacial score (nSPS) is 23.0. The quantitative estimate of drug-likeness (QED) is 0.801. The van der Waals surface area contributed by atoms with Crippen LogP contribution in [0.15, 0.2) is 60.7 Å². The number of hydrogen-bond donors (Lipinski definition) is 0. The van der Waals surface area contributed by atoms with Crippen LogP contribution in [0.4, 0.5) is 0 Å². The summed E-state index contributed by atoms with van der Waals surface area (Å²) in [7, 11) is 2.08. The van der Waals surface area contributed by atoms with E-state index in [0.29, 0.717) is 6.54 Å². The zero-order chi connectivity index (χ0) is 18.1. The summed E-state index contributed by atoms with van der Waals surface area (Å²) in [4.78, 5) is 30.6. The van der Waals surface area contributed by atoms with E-state index in [1.165, 1.54) is 4.90 Å². The van der Waals surface area contributed by atoms with Crippen molar-refractivity contribution in [2.45, 2.75) is 25.3 Å². The topological polar surface area (TPSA) is 40.6 Å². The van der Waals surface area contributed by atoms with Crippen LogP contribution in [0.1, 0.15) is 29.9 Å². The van der Waals surface area contributed by atoms with E-state index in [2.05, 4.69) is 11.9 Å². The van der Waals surface area contributed by atoms with Gasteiger partial charge in [-0.1, -0.05) is 60.7 Å². The summed E-state index contributed by atoms with van der Waals surface area (Å²) in [5.74, 6) is -0.406. The molecular weight excluding hydrogens is 324 g/mol. The van der Waals surface area contributed by atoms with Crippen LogP contribution in [0.5, 0.6) is 0 Å². The third kappa shape index (κ3) is 2.74. The molecule has 2 amide bonds. The highest BCUT2D eigenvalue weighted by atomic mass is 16.2. The van der Waals surface area contributed by atoms with E-state index in [-0.39, 0.29) is 17.7 Å². The van der Waals surface area contributed by atoms with Crippen molar-refractivity contribution in [3.8, 4) is 0 Å². The maximum atomic E-state index is 13.5. The van der Waals surface area contributed by atoms with E-state index in [4.69, 9.17) is 0 Å². The molecule has 2 heterocycles. The van der Waals surface area contributed by atoms with Gasteiger partial charge in [0, 0.05) is 0 Å². The van der Waals surface area contributed by atoms with Crippen LogP contribution >= 0.6 is 0 Å². The molecule has 0 aromatic heterocycles. The largest absolute Gasteiger partial charge is 0.306 e. The number of piperidine rings is 1. The molecule has 0 unspecified atom stereocenters. The number of rotatable bonds is 3. The van der Waals surface area contributed by atoms with Crippen LogP contribution in [0.2, 0.25) is 0 Å². The molecule has 2 aromatic rings. The Morgan fingerprint density at radius 1 is 0.923 bits per heavy atom. The zero-order valence-corrected chi connectivity index (χ0v) is 15.1. The molecule has 2 aliphatic rings. The van der Waals surface area contributed by atoms with Gasteiger partial charge in [0.2, 0.25) is 11.8 Å². The molecule has 0 N–H and O–H groups in total. The van der Waals surface area contributed by atoms with Gasteiger partial charge in [0.25, 0.3) is 0 Å². The molecule has 0 saturated carbocycles. The summed E-state index contributed by atoms with van der Waals surface area (Å²) in [6.07, 6.45) is 1.47. The van der Waals surface area contributed by atoms with Crippen LogP contribution in [0.25, 0.3) is 0 Å². The van der Waals surface area contributed by atoms with Crippen molar-refractivity contribution in [1.82, 2.24) is 9.80 Å². The average molecular weight is 348 g/mol. The fourth-order valence-corrected chi connectivity index (χ4v) is 4.43. The second-order valence-electron chi connectivity index (χ2n) is 7.52. The molecule has 0 radical (unpaired) electrons. The van der Waals surface area contributed by atoms with Crippen molar-refractivity contribution < 1.29 is 9.59 Å². The van der Waals surface area contributed by atoms with Gasteiger partial charge in [-0.3, -0.25) is 14.5 Å². The Labute approximate surface area is 154 Å². The summed E-state index contributed by atoms with van der Waals surface area (Å²) in [6, 6.07) is 19.6. The first kappa shape index (κ1) is 17.0. The predicted octanol–water partition coefficient (Wildman–Crippen LogP) is 3.05. The van der Waals surface area contributed by atoms with E-state index in [0.717, 1.165) is 37.1 Å². The van der Waals surface area contributed by atoms with Crippen molar-refractivity contribution in [3.63, 3.8) is 0 Å². The van der Waals surface area contributed by atoms with Crippen molar-refractivity contribution >= 4 is 11.8 Å². The van der Waals surface area contributed by atoms with Crippen molar-refractivity contribution in [2.24, 2.45) is 5.41 Å². The molecule has 4 heteroatoms. The molecule has 0 bridgehead atoms. The first-order valence-electron chi connectivity index (χ1n) is 9.25. The van der Waals surface area contributed by atoms with Gasteiger partial charge in [0.05, 0.1) is 17.9 Å². The molecular formula is C22H24N2O2. The number of nitrogens with zero attached hydrogens (tertiary/aromatic N) is 2. The smallest absolute Gasteiger partial charge is 0.238 e. The third-order valence-corrected chi connectivity index (χ3v) is 5.93. The Morgan fingerprint density at radius 3 is 2.12 bits per heavy atom. The molecule has 2 aromatic carbocycles. The number of likely N-dealkylation sites (tertiary alicyclic amines) is 2. The van der Waals surface area contributed by atoms with Crippen molar-refractivity contribution in [1.29, 1.82) is 0 Å². The monoisotopic (exact) mass is 348 g/mol. The minimum Gasteiger partial charge on any atom is -0.306 e. The van der Waals surface area contributed by atoms with Crippen molar-refractivity contribution in [2.75, 3.05) is 20.1 Å². The molecule has 1 spiro atoms. The Kier molecular flexibility index (Phi) is 4.37.